The molecule has 246 valence electrons. The minimum absolute atomic E-state index is 0. The van der Waals surface area contributed by atoms with Crippen LogP contribution in [0.15, 0.2) is 132 Å². The van der Waals surface area contributed by atoms with E-state index in [2.05, 4.69) is 128 Å². The summed E-state index contributed by atoms with van der Waals surface area (Å²) in [6.07, 6.45) is 3.07. The molecule has 0 spiro atoms. The minimum atomic E-state index is -1.34. The van der Waals surface area contributed by atoms with Gasteiger partial charge in [0.25, 0.3) is 0 Å². The van der Waals surface area contributed by atoms with Gasteiger partial charge in [-0.1, -0.05) is 105 Å². The van der Waals surface area contributed by atoms with Crippen molar-refractivity contribution in [2.45, 2.75) is 46.1 Å². The molecule has 0 amide bonds. The van der Waals surface area contributed by atoms with E-state index < -0.39 is 8.07 Å². The Bertz CT molecular complexity index is 2170. The number of aromatic nitrogens is 1. The van der Waals surface area contributed by atoms with E-state index >= 15 is 0 Å². The van der Waals surface area contributed by atoms with E-state index in [1.807, 2.05) is 54.6 Å². The number of fused-ring (bicyclic) bond motifs is 4. The molecule has 0 bridgehead atoms. The molecule has 3 heterocycles. The second-order valence-electron chi connectivity index (χ2n) is 13.8. The zero-order valence-electron chi connectivity index (χ0n) is 28.6. The average molecular weight is 835 g/mol. The number of nitrogens with zero attached hydrogens (tertiary/aromatic N) is 3. The Balaban J connectivity index is 0.000000177. The smallest absolute Gasteiger partial charge is 0.661 e. The number of anilines is 2. The second-order valence-corrected chi connectivity index (χ2v) is 18.9. The normalized spacial score (nSPS) is 13.8. The molecule has 7 aromatic rings. The predicted molar refractivity (Wildman–Crippen MR) is 203 cm³/mol. The van der Waals surface area contributed by atoms with Gasteiger partial charge in [0.2, 0.25) is 0 Å². The van der Waals surface area contributed by atoms with Crippen LogP contribution in [0, 0.1) is 18.1 Å². The van der Waals surface area contributed by atoms with E-state index in [9.17, 15) is 0 Å². The maximum atomic E-state index is 6.09. The van der Waals surface area contributed by atoms with Crippen molar-refractivity contribution in [1.82, 2.24) is 4.98 Å². The van der Waals surface area contributed by atoms with Crippen molar-refractivity contribution >= 4 is 52.3 Å². The first-order chi connectivity index (χ1) is 23.3. The fourth-order valence-corrected chi connectivity index (χ4v) is 8.07. The first-order valence-electron chi connectivity index (χ1n) is 16.7. The molecule has 1 unspecified atom stereocenters. The van der Waals surface area contributed by atoms with Gasteiger partial charge < -0.3 is 19.6 Å². The summed E-state index contributed by atoms with van der Waals surface area (Å²) in [4.78, 5) is 6.95. The van der Waals surface area contributed by atoms with Crippen molar-refractivity contribution in [3.8, 4) is 11.3 Å². The summed E-state index contributed by atoms with van der Waals surface area (Å²) in [7, 11) is -1.34. The Morgan fingerprint density at radius 1 is 0.816 bits per heavy atom. The Kier molecular flexibility index (Phi) is 10.2. The Labute approximate surface area is 304 Å². The molecule has 8 rings (SSSR count). The molecule has 1 atom stereocenters. The topological polar surface area (TPSA) is 43.4 Å². The van der Waals surface area contributed by atoms with Gasteiger partial charge in [-0.25, -0.2) is 0 Å². The van der Waals surface area contributed by atoms with Gasteiger partial charge in [-0.2, -0.15) is 17.7 Å². The molecular formula is C43H40IrN3OSi. The quantitative estimate of drug-likeness (QED) is 0.124. The summed E-state index contributed by atoms with van der Waals surface area (Å²) in [5, 5.41) is 8.69. The summed E-state index contributed by atoms with van der Waals surface area (Å²) in [6, 6.07) is 47.9. The van der Waals surface area contributed by atoms with Crippen molar-refractivity contribution in [3.63, 3.8) is 0 Å². The van der Waals surface area contributed by atoms with Crippen LogP contribution in [0.4, 0.5) is 17.1 Å². The van der Waals surface area contributed by atoms with Gasteiger partial charge in [0.1, 0.15) is 5.58 Å². The zero-order valence-corrected chi connectivity index (χ0v) is 32.0. The first-order valence-corrected chi connectivity index (χ1v) is 20.2. The summed E-state index contributed by atoms with van der Waals surface area (Å²) in [5.41, 5.74) is 9.57. The molecule has 0 aliphatic carbocycles. The molecule has 0 saturated carbocycles. The Hall–Kier alpha value is -4.48. The molecule has 1 aliphatic heterocycles. The van der Waals surface area contributed by atoms with Crippen LogP contribution in [-0.2, 0) is 26.5 Å². The summed E-state index contributed by atoms with van der Waals surface area (Å²) < 4.78 is 6.09. The van der Waals surface area contributed by atoms with Gasteiger partial charge in [-0.05, 0) is 59.0 Å². The number of benzene rings is 5. The monoisotopic (exact) mass is 835 g/mol. The Morgan fingerprint density at radius 3 is 2.31 bits per heavy atom. The van der Waals surface area contributed by atoms with Crippen LogP contribution in [0.2, 0.25) is 19.6 Å². The number of para-hydroxylation sites is 4. The molecule has 6 heteroatoms. The van der Waals surface area contributed by atoms with E-state index in [0.717, 1.165) is 62.2 Å². The van der Waals surface area contributed by atoms with Crippen LogP contribution in [0.1, 0.15) is 31.1 Å². The Morgan fingerprint density at radius 2 is 1.55 bits per heavy atom. The van der Waals surface area contributed by atoms with Crippen LogP contribution < -0.4 is 10.1 Å². The van der Waals surface area contributed by atoms with E-state index in [0.29, 0.717) is 5.92 Å². The SMILES string of the molecule is CC(C)Cc1cc(-c2[c-]cccc2)ncc1[Si](C)(C)C.[Ir+3].[c-]1cc2c(cc1C1[N-]c3ccccc3N1c1ccccc1)oc1ccccc12. The summed E-state index contributed by atoms with van der Waals surface area (Å²) in [5.74, 6) is 0.667. The van der Waals surface area contributed by atoms with E-state index in [1.165, 1.54) is 10.8 Å². The first kappa shape index (κ1) is 34.4. The summed E-state index contributed by atoms with van der Waals surface area (Å²) >= 11 is 0. The van der Waals surface area contributed by atoms with Gasteiger partial charge in [-0.3, -0.25) is 0 Å². The fraction of sp³-hybridized carbons (Fsp3) is 0.186. The van der Waals surface area contributed by atoms with Gasteiger partial charge in [0, 0.05) is 23.2 Å². The number of furan rings is 1. The van der Waals surface area contributed by atoms with Crippen LogP contribution in [0.5, 0.6) is 0 Å². The van der Waals surface area contributed by atoms with E-state index in [-0.39, 0.29) is 26.3 Å². The zero-order chi connectivity index (χ0) is 33.3. The number of rotatable bonds is 6. The van der Waals surface area contributed by atoms with Crippen molar-refractivity contribution in [3.05, 3.63) is 156 Å². The molecular weight excluding hydrogens is 795 g/mol. The van der Waals surface area contributed by atoms with Crippen LogP contribution >= 0.6 is 0 Å². The number of pyridine rings is 1. The van der Waals surface area contributed by atoms with Crippen LogP contribution in [0.3, 0.4) is 0 Å². The van der Waals surface area contributed by atoms with Crippen molar-refractivity contribution in [1.29, 1.82) is 0 Å². The molecule has 1 aliphatic rings. The van der Waals surface area contributed by atoms with Gasteiger partial charge in [0.05, 0.1) is 8.07 Å². The number of hydrogen-bond donors (Lipinski definition) is 0. The van der Waals surface area contributed by atoms with Crippen molar-refractivity contribution in [2.75, 3.05) is 4.90 Å². The molecule has 49 heavy (non-hydrogen) atoms. The maximum Gasteiger partial charge on any atom is 3.00 e. The van der Waals surface area contributed by atoms with E-state index in [1.54, 1.807) is 0 Å². The third kappa shape index (κ3) is 7.28. The fourth-order valence-electron chi connectivity index (χ4n) is 6.48. The maximum absolute atomic E-state index is 6.09. The molecule has 2 aromatic heterocycles. The average Bonchev–Trinajstić information content (AvgIpc) is 3.67. The standard InChI is InChI=1S/C25H16N2O.C18H24NSi.Ir/c1-2-8-18(9-3-1)27-22-12-6-5-11-21(22)26-25(27)17-14-15-20-19-10-4-7-13-23(19)28-24(20)16-17;1-14(2)11-16-12-17(15-9-7-6-8-10-15)19-13-18(16)20(3,4)5;/h1-13,15-16,25H;6-9,12-14H,11H2,1-5H3;/q-2;-1;+3. The minimum Gasteiger partial charge on any atom is -0.661 e. The third-order valence-corrected chi connectivity index (χ3v) is 10.8. The second kappa shape index (κ2) is 14.6. The van der Waals surface area contributed by atoms with E-state index in [4.69, 9.17) is 9.73 Å². The molecule has 0 fully saturated rings. The van der Waals surface area contributed by atoms with Crippen LogP contribution in [-0.4, -0.2) is 13.1 Å². The number of hydrogen-bond acceptors (Lipinski definition) is 3. The van der Waals surface area contributed by atoms with Crippen molar-refractivity contribution < 1.29 is 24.5 Å². The van der Waals surface area contributed by atoms with Crippen LogP contribution in [0.25, 0.3) is 38.5 Å². The molecule has 5 aromatic carbocycles. The van der Waals surface area contributed by atoms with Crippen molar-refractivity contribution in [2.24, 2.45) is 5.92 Å². The summed E-state index contributed by atoms with van der Waals surface area (Å²) in [6.45, 7) is 11.7. The molecule has 0 radical (unpaired) electrons. The molecule has 0 N–H and O–H groups in total. The predicted octanol–water partition coefficient (Wildman–Crippen LogP) is 11.5. The van der Waals surface area contributed by atoms with Gasteiger partial charge in [0.15, 0.2) is 0 Å². The molecule has 0 saturated heterocycles. The van der Waals surface area contributed by atoms with Gasteiger partial charge in [-0.15, -0.1) is 47.6 Å². The van der Waals surface area contributed by atoms with Gasteiger partial charge >= 0.3 is 20.1 Å². The third-order valence-electron chi connectivity index (χ3n) is 8.70. The largest absolute Gasteiger partial charge is 3.00 e. The molecule has 4 nitrogen and oxygen atoms in total.